The van der Waals surface area contributed by atoms with E-state index in [9.17, 15) is 13.2 Å². The Balaban J connectivity index is 1.58. The van der Waals surface area contributed by atoms with Gasteiger partial charge in [0, 0.05) is 30.4 Å². The van der Waals surface area contributed by atoms with E-state index in [1.807, 2.05) is 0 Å². The predicted molar refractivity (Wildman–Crippen MR) is 109 cm³/mol. The zero-order valence-electron chi connectivity index (χ0n) is 16.3. The Kier molecular flexibility index (Phi) is 5.47. The first-order valence-electron chi connectivity index (χ1n) is 9.77. The molecule has 4 rings (SSSR count). The van der Waals surface area contributed by atoms with Crippen molar-refractivity contribution in [2.75, 3.05) is 25.2 Å². The molecule has 154 valence electrons. The summed E-state index contributed by atoms with van der Waals surface area (Å²) in [5.74, 6) is 0.830. The van der Waals surface area contributed by atoms with E-state index in [-0.39, 0.29) is 17.6 Å². The van der Waals surface area contributed by atoms with Crippen LogP contribution in [0.4, 0.5) is 5.69 Å². The van der Waals surface area contributed by atoms with E-state index in [1.165, 1.54) is 10.4 Å². The van der Waals surface area contributed by atoms with Gasteiger partial charge in [0.1, 0.15) is 0 Å². The normalized spacial score (nSPS) is 17.0. The lowest BCUT2D eigenvalue weighted by molar-refractivity contribution is 0.102. The maximum atomic E-state index is 13.1. The van der Waals surface area contributed by atoms with Crippen LogP contribution < -0.4 is 14.8 Å². The van der Waals surface area contributed by atoms with Crippen molar-refractivity contribution in [2.24, 2.45) is 0 Å². The Bertz CT molecular complexity index is 1030. The number of carbonyl (C=O) groups is 1. The third-order valence-corrected chi connectivity index (χ3v) is 7.18. The first-order chi connectivity index (χ1) is 13.9. The minimum atomic E-state index is -3.62. The van der Waals surface area contributed by atoms with E-state index >= 15 is 0 Å². The van der Waals surface area contributed by atoms with Crippen molar-refractivity contribution in [1.82, 2.24) is 4.31 Å². The largest absolute Gasteiger partial charge is 0.454 e. The second-order valence-corrected chi connectivity index (χ2v) is 9.26. The van der Waals surface area contributed by atoms with Crippen LogP contribution in [0, 0.1) is 6.92 Å². The lowest BCUT2D eigenvalue weighted by Gasteiger charge is -2.20. The molecule has 1 N–H and O–H groups in total. The summed E-state index contributed by atoms with van der Waals surface area (Å²) in [6.45, 7) is 2.99. The van der Waals surface area contributed by atoms with Gasteiger partial charge < -0.3 is 14.8 Å². The fourth-order valence-corrected chi connectivity index (χ4v) is 5.15. The van der Waals surface area contributed by atoms with Gasteiger partial charge in [-0.2, -0.15) is 4.31 Å². The summed E-state index contributed by atoms with van der Waals surface area (Å²) in [6.07, 6.45) is 3.82. The highest BCUT2D eigenvalue weighted by Crippen LogP contribution is 2.34. The molecule has 0 saturated carbocycles. The van der Waals surface area contributed by atoms with Gasteiger partial charge in [-0.3, -0.25) is 4.79 Å². The van der Waals surface area contributed by atoms with Gasteiger partial charge in [-0.1, -0.05) is 18.9 Å². The molecule has 0 aromatic heterocycles. The summed E-state index contributed by atoms with van der Waals surface area (Å²) >= 11 is 0. The number of fused-ring (bicyclic) bond motifs is 1. The molecular formula is C21H24N2O5S. The minimum Gasteiger partial charge on any atom is -0.454 e. The number of rotatable bonds is 4. The molecule has 2 aromatic rings. The van der Waals surface area contributed by atoms with E-state index in [2.05, 4.69) is 5.32 Å². The molecule has 0 unspecified atom stereocenters. The van der Waals surface area contributed by atoms with Crippen molar-refractivity contribution in [3.63, 3.8) is 0 Å². The quantitative estimate of drug-likeness (QED) is 0.824. The average Bonchev–Trinajstić information content (AvgIpc) is 2.98. The molecular weight excluding hydrogens is 392 g/mol. The van der Waals surface area contributed by atoms with E-state index in [4.69, 9.17) is 9.47 Å². The third-order valence-electron chi connectivity index (χ3n) is 5.29. The van der Waals surface area contributed by atoms with E-state index < -0.39 is 10.0 Å². The van der Waals surface area contributed by atoms with Gasteiger partial charge in [-0.15, -0.1) is 0 Å². The number of amides is 1. The first-order valence-corrected chi connectivity index (χ1v) is 11.2. The Morgan fingerprint density at radius 3 is 2.45 bits per heavy atom. The van der Waals surface area contributed by atoms with Gasteiger partial charge in [0.05, 0.1) is 4.90 Å². The highest BCUT2D eigenvalue weighted by atomic mass is 32.2. The van der Waals surface area contributed by atoms with Crippen molar-refractivity contribution < 1.29 is 22.7 Å². The molecule has 7 nitrogen and oxygen atoms in total. The topological polar surface area (TPSA) is 84.9 Å². The van der Waals surface area contributed by atoms with Crippen LogP contribution in [0.15, 0.2) is 41.3 Å². The smallest absolute Gasteiger partial charge is 0.255 e. The number of nitrogens with zero attached hydrogens (tertiary/aromatic N) is 1. The molecule has 0 radical (unpaired) electrons. The SMILES string of the molecule is Cc1ccc(S(=O)(=O)N2CCCCCC2)cc1C(=O)Nc1ccc2c(c1)OCO2. The highest BCUT2D eigenvalue weighted by Gasteiger charge is 2.26. The summed E-state index contributed by atoms with van der Waals surface area (Å²) < 4.78 is 38.3. The fraction of sp³-hybridized carbons (Fsp3) is 0.381. The lowest BCUT2D eigenvalue weighted by atomic mass is 10.1. The number of benzene rings is 2. The minimum absolute atomic E-state index is 0.154. The molecule has 0 spiro atoms. The maximum absolute atomic E-state index is 13.1. The number of aryl methyl sites for hydroxylation is 1. The zero-order chi connectivity index (χ0) is 20.4. The van der Waals surface area contributed by atoms with Crippen LogP contribution in [0.3, 0.4) is 0 Å². The predicted octanol–water partition coefficient (Wildman–Crippen LogP) is 3.54. The maximum Gasteiger partial charge on any atom is 0.255 e. The van der Waals surface area contributed by atoms with Gasteiger partial charge in [0.25, 0.3) is 5.91 Å². The van der Waals surface area contributed by atoms with Crippen molar-refractivity contribution >= 4 is 21.6 Å². The molecule has 8 heteroatoms. The molecule has 2 aromatic carbocycles. The molecule has 2 aliphatic rings. The number of anilines is 1. The molecule has 1 fully saturated rings. The van der Waals surface area contributed by atoms with Crippen molar-refractivity contribution in [1.29, 1.82) is 0 Å². The van der Waals surface area contributed by atoms with Crippen molar-refractivity contribution in [3.05, 3.63) is 47.5 Å². The Labute approximate surface area is 170 Å². The monoisotopic (exact) mass is 416 g/mol. The number of carbonyl (C=O) groups excluding carboxylic acids is 1. The molecule has 1 saturated heterocycles. The van der Waals surface area contributed by atoms with E-state index in [0.29, 0.717) is 41.4 Å². The van der Waals surface area contributed by atoms with E-state index in [0.717, 1.165) is 25.7 Å². The lowest BCUT2D eigenvalue weighted by Crippen LogP contribution is -2.32. The summed E-state index contributed by atoms with van der Waals surface area (Å²) in [7, 11) is -3.62. The van der Waals surface area contributed by atoms with Gasteiger partial charge in [0.15, 0.2) is 11.5 Å². The van der Waals surface area contributed by atoms with Crippen LogP contribution in [0.2, 0.25) is 0 Å². The van der Waals surface area contributed by atoms with Crippen molar-refractivity contribution in [2.45, 2.75) is 37.5 Å². The first kappa shape index (κ1) is 19.7. The van der Waals surface area contributed by atoms with Crippen LogP contribution in [0.25, 0.3) is 0 Å². The molecule has 1 amide bonds. The van der Waals surface area contributed by atoms with Gasteiger partial charge in [-0.25, -0.2) is 8.42 Å². The van der Waals surface area contributed by atoms with Crippen LogP contribution >= 0.6 is 0 Å². The Hall–Kier alpha value is -2.58. The zero-order valence-corrected chi connectivity index (χ0v) is 17.1. The molecule has 0 bridgehead atoms. The van der Waals surface area contributed by atoms with Gasteiger partial charge in [0.2, 0.25) is 16.8 Å². The highest BCUT2D eigenvalue weighted by molar-refractivity contribution is 7.89. The molecule has 29 heavy (non-hydrogen) atoms. The Morgan fingerprint density at radius 1 is 0.966 bits per heavy atom. The van der Waals surface area contributed by atoms with E-state index in [1.54, 1.807) is 37.3 Å². The summed E-state index contributed by atoms with van der Waals surface area (Å²) in [4.78, 5) is 13.0. The van der Waals surface area contributed by atoms with Crippen LogP contribution in [-0.2, 0) is 10.0 Å². The van der Waals surface area contributed by atoms with Crippen LogP contribution in [0.5, 0.6) is 11.5 Å². The number of ether oxygens (including phenoxy) is 2. The summed E-state index contributed by atoms with van der Waals surface area (Å²) in [5.41, 5.74) is 1.59. The Morgan fingerprint density at radius 2 is 1.69 bits per heavy atom. The second-order valence-electron chi connectivity index (χ2n) is 7.32. The average molecular weight is 416 g/mol. The number of hydrogen-bond acceptors (Lipinski definition) is 5. The number of hydrogen-bond donors (Lipinski definition) is 1. The third kappa shape index (κ3) is 4.09. The molecule has 0 atom stereocenters. The van der Waals surface area contributed by atoms with Gasteiger partial charge in [-0.05, 0) is 49.6 Å². The molecule has 2 heterocycles. The van der Waals surface area contributed by atoms with Gasteiger partial charge >= 0.3 is 0 Å². The number of nitrogens with one attached hydrogen (secondary N) is 1. The number of sulfonamides is 1. The van der Waals surface area contributed by atoms with Crippen molar-refractivity contribution in [3.8, 4) is 11.5 Å². The molecule has 2 aliphatic heterocycles. The summed E-state index contributed by atoms with van der Waals surface area (Å²) in [5, 5.41) is 2.81. The molecule has 0 aliphatic carbocycles. The summed E-state index contributed by atoms with van der Waals surface area (Å²) in [6, 6.07) is 9.86. The van der Waals surface area contributed by atoms with Crippen LogP contribution in [-0.4, -0.2) is 38.5 Å². The standard InChI is InChI=1S/C21H24N2O5S/c1-15-6-8-17(29(25,26)23-10-4-2-3-5-11-23)13-18(15)21(24)22-16-7-9-19-20(12-16)28-14-27-19/h6-9,12-13H,2-5,10-11,14H2,1H3,(H,22,24). The second kappa shape index (κ2) is 8.04. The fourth-order valence-electron chi connectivity index (χ4n) is 3.61. The van der Waals surface area contributed by atoms with Crippen LogP contribution in [0.1, 0.15) is 41.6 Å².